The first-order valence-corrected chi connectivity index (χ1v) is 6.56. The summed E-state index contributed by atoms with van der Waals surface area (Å²) in [6.07, 6.45) is 3.15. The summed E-state index contributed by atoms with van der Waals surface area (Å²) in [7, 11) is 0. The monoisotopic (exact) mass is 240 g/mol. The number of rotatable bonds is 5. The molecule has 0 amide bonds. The van der Waals surface area contributed by atoms with Gasteiger partial charge in [0.25, 0.3) is 0 Å². The van der Waals surface area contributed by atoms with Crippen molar-refractivity contribution in [3.8, 4) is 5.75 Å². The summed E-state index contributed by atoms with van der Waals surface area (Å²) < 4.78 is 0. The molecule has 0 bridgehead atoms. The van der Waals surface area contributed by atoms with E-state index in [-0.39, 0.29) is 0 Å². The van der Waals surface area contributed by atoms with Gasteiger partial charge in [-0.3, -0.25) is 0 Å². The van der Waals surface area contributed by atoms with Crippen molar-refractivity contribution in [1.29, 1.82) is 0 Å². The van der Waals surface area contributed by atoms with E-state index in [0.717, 1.165) is 24.8 Å². The van der Waals surface area contributed by atoms with E-state index in [1.165, 1.54) is 5.56 Å². The van der Waals surface area contributed by atoms with Gasteiger partial charge in [-0.05, 0) is 42.4 Å². The molecule has 18 heavy (non-hydrogen) atoms. The van der Waals surface area contributed by atoms with Gasteiger partial charge in [-0.2, -0.15) is 0 Å². The Morgan fingerprint density at radius 2 is 1.61 bits per heavy atom. The molecule has 0 aromatic heterocycles. The Bertz CT molecular complexity index is 476. The van der Waals surface area contributed by atoms with Crippen LogP contribution in [0.5, 0.6) is 5.75 Å². The molecule has 1 nitrogen and oxygen atoms in total. The minimum Gasteiger partial charge on any atom is -0.508 e. The number of aromatic hydroxyl groups is 1. The van der Waals surface area contributed by atoms with E-state index in [4.69, 9.17) is 0 Å². The molecule has 0 saturated heterocycles. The Kier molecular flexibility index (Phi) is 4.40. The van der Waals surface area contributed by atoms with Crippen molar-refractivity contribution in [2.24, 2.45) is 5.92 Å². The zero-order chi connectivity index (χ0) is 12.8. The van der Waals surface area contributed by atoms with Crippen molar-refractivity contribution in [3.05, 3.63) is 65.7 Å². The lowest BCUT2D eigenvalue weighted by molar-refractivity contribution is 0.460. The highest BCUT2D eigenvalue weighted by Gasteiger charge is 2.06. The summed E-state index contributed by atoms with van der Waals surface area (Å²) in [5.41, 5.74) is 2.44. The van der Waals surface area contributed by atoms with Gasteiger partial charge in [-0.25, -0.2) is 0 Å². The van der Waals surface area contributed by atoms with Gasteiger partial charge in [0.15, 0.2) is 0 Å². The number of phenols is 1. The normalized spacial score (nSPS) is 12.3. The standard InChI is InChI=1S/C17H20O/c1-14(13-15-7-3-2-4-8-15)11-12-16-9-5-6-10-17(16)18/h2-10,14,18H,11-13H2,1H3. The molecule has 0 aliphatic heterocycles. The van der Waals surface area contributed by atoms with Crippen molar-refractivity contribution < 1.29 is 5.11 Å². The molecule has 0 fully saturated rings. The summed E-state index contributed by atoms with van der Waals surface area (Å²) in [5, 5.41) is 9.71. The Labute approximate surface area is 109 Å². The molecule has 0 aliphatic rings. The van der Waals surface area contributed by atoms with Crippen molar-refractivity contribution in [2.45, 2.75) is 26.2 Å². The SMILES string of the molecule is CC(CCc1ccccc1O)Cc1ccccc1. The van der Waals surface area contributed by atoms with E-state index in [1.807, 2.05) is 18.2 Å². The maximum absolute atomic E-state index is 9.71. The van der Waals surface area contributed by atoms with Gasteiger partial charge in [-0.1, -0.05) is 55.5 Å². The molecule has 2 rings (SSSR count). The van der Waals surface area contributed by atoms with Gasteiger partial charge in [0.1, 0.15) is 5.75 Å². The van der Waals surface area contributed by atoms with Crippen LogP contribution in [0.15, 0.2) is 54.6 Å². The van der Waals surface area contributed by atoms with Crippen LogP contribution in [0.4, 0.5) is 0 Å². The lowest BCUT2D eigenvalue weighted by Crippen LogP contribution is -2.01. The van der Waals surface area contributed by atoms with Gasteiger partial charge in [0.05, 0.1) is 0 Å². The summed E-state index contributed by atoms with van der Waals surface area (Å²) in [6.45, 7) is 2.27. The van der Waals surface area contributed by atoms with Crippen LogP contribution in [0, 0.1) is 5.92 Å². The number of phenolic OH excluding ortho intramolecular Hbond substituents is 1. The Morgan fingerprint density at radius 1 is 0.944 bits per heavy atom. The first-order valence-electron chi connectivity index (χ1n) is 6.56. The third kappa shape index (κ3) is 3.63. The molecule has 0 aliphatic carbocycles. The van der Waals surface area contributed by atoms with Crippen LogP contribution in [-0.4, -0.2) is 5.11 Å². The first-order chi connectivity index (χ1) is 8.75. The van der Waals surface area contributed by atoms with E-state index in [0.29, 0.717) is 11.7 Å². The zero-order valence-corrected chi connectivity index (χ0v) is 10.8. The zero-order valence-electron chi connectivity index (χ0n) is 10.8. The molecule has 1 atom stereocenters. The Hall–Kier alpha value is -1.76. The molecular formula is C17H20O. The van der Waals surface area contributed by atoms with Crippen LogP contribution in [0.3, 0.4) is 0 Å². The predicted octanol–water partition coefficient (Wildman–Crippen LogP) is 4.20. The lowest BCUT2D eigenvalue weighted by atomic mass is 9.94. The van der Waals surface area contributed by atoms with Crippen LogP contribution in [-0.2, 0) is 12.8 Å². The van der Waals surface area contributed by atoms with E-state index in [9.17, 15) is 5.11 Å². The predicted molar refractivity (Wildman–Crippen MR) is 75.7 cm³/mol. The molecule has 0 saturated carbocycles. The highest BCUT2D eigenvalue weighted by molar-refractivity contribution is 5.31. The van der Waals surface area contributed by atoms with Gasteiger partial charge in [0, 0.05) is 0 Å². The molecular weight excluding hydrogens is 220 g/mol. The summed E-state index contributed by atoms with van der Waals surface area (Å²) in [5.74, 6) is 1.05. The summed E-state index contributed by atoms with van der Waals surface area (Å²) >= 11 is 0. The maximum atomic E-state index is 9.71. The summed E-state index contributed by atoms with van der Waals surface area (Å²) in [6, 6.07) is 18.2. The van der Waals surface area contributed by atoms with Crippen LogP contribution in [0.25, 0.3) is 0 Å². The average Bonchev–Trinajstić information content (AvgIpc) is 2.39. The molecule has 2 aromatic carbocycles. The highest BCUT2D eigenvalue weighted by Crippen LogP contribution is 2.20. The van der Waals surface area contributed by atoms with Crippen molar-refractivity contribution >= 4 is 0 Å². The second-order valence-corrected chi connectivity index (χ2v) is 4.96. The molecule has 0 heterocycles. The minimum absolute atomic E-state index is 0.421. The number of hydrogen-bond donors (Lipinski definition) is 1. The minimum atomic E-state index is 0.421. The van der Waals surface area contributed by atoms with Crippen molar-refractivity contribution in [3.63, 3.8) is 0 Å². The van der Waals surface area contributed by atoms with Crippen LogP contribution in [0.1, 0.15) is 24.5 Å². The molecule has 0 spiro atoms. The topological polar surface area (TPSA) is 20.2 Å². The maximum Gasteiger partial charge on any atom is 0.118 e. The largest absolute Gasteiger partial charge is 0.508 e. The van der Waals surface area contributed by atoms with E-state index in [2.05, 4.69) is 37.3 Å². The highest BCUT2D eigenvalue weighted by atomic mass is 16.3. The van der Waals surface area contributed by atoms with E-state index < -0.39 is 0 Å². The van der Waals surface area contributed by atoms with Gasteiger partial charge in [0.2, 0.25) is 0 Å². The van der Waals surface area contributed by atoms with E-state index >= 15 is 0 Å². The molecule has 94 valence electrons. The molecule has 0 radical (unpaired) electrons. The number of para-hydroxylation sites is 1. The molecule has 1 heteroatoms. The molecule has 2 aromatic rings. The average molecular weight is 240 g/mol. The fraction of sp³-hybridized carbons (Fsp3) is 0.294. The molecule has 1 unspecified atom stereocenters. The van der Waals surface area contributed by atoms with Crippen molar-refractivity contribution in [2.75, 3.05) is 0 Å². The lowest BCUT2D eigenvalue weighted by Gasteiger charge is -2.12. The molecule has 1 N–H and O–H groups in total. The van der Waals surface area contributed by atoms with E-state index in [1.54, 1.807) is 6.07 Å². The number of benzene rings is 2. The number of hydrogen-bond acceptors (Lipinski definition) is 1. The quantitative estimate of drug-likeness (QED) is 0.830. The van der Waals surface area contributed by atoms with Gasteiger partial charge >= 0.3 is 0 Å². The van der Waals surface area contributed by atoms with Crippen LogP contribution >= 0.6 is 0 Å². The second-order valence-electron chi connectivity index (χ2n) is 4.96. The summed E-state index contributed by atoms with van der Waals surface area (Å²) in [4.78, 5) is 0. The fourth-order valence-corrected chi connectivity index (χ4v) is 2.24. The first kappa shape index (κ1) is 12.7. The number of aryl methyl sites for hydroxylation is 1. The third-order valence-electron chi connectivity index (χ3n) is 3.33. The smallest absolute Gasteiger partial charge is 0.118 e. The Morgan fingerprint density at radius 3 is 2.33 bits per heavy atom. The Balaban J connectivity index is 1.86. The van der Waals surface area contributed by atoms with Gasteiger partial charge < -0.3 is 5.11 Å². The third-order valence-corrected chi connectivity index (χ3v) is 3.33. The van der Waals surface area contributed by atoms with Crippen molar-refractivity contribution in [1.82, 2.24) is 0 Å². The second kappa shape index (κ2) is 6.25. The van der Waals surface area contributed by atoms with Crippen LogP contribution < -0.4 is 0 Å². The van der Waals surface area contributed by atoms with Gasteiger partial charge in [-0.15, -0.1) is 0 Å². The van der Waals surface area contributed by atoms with Crippen LogP contribution in [0.2, 0.25) is 0 Å². The fourth-order valence-electron chi connectivity index (χ4n) is 2.24.